The number of hydrogen-bond acceptors (Lipinski definition) is 6. The number of anilines is 1. The van der Waals surface area contributed by atoms with E-state index in [1.807, 2.05) is 0 Å². The molecule has 0 radical (unpaired) electrons. The Morgan fingerprint density at radius 3 is 2.56 bits per heavy atom. The van der Waals surface area contributed by atoms with Gasteiger partial charge >= 0.3 is 5.97 Å². The van der Waals surface area contributed by atoms with E-state index in [1.165, 1.54) is 30.3 Å². The number of hydrogen-bond donors (Lipinski definition) is 2. The summed E-state index contributed by atoms with van der Waals surface area (Å²) in [7, 11) is 1.16. The number of aromatic hydroxyl groups is 1. The van der Waals surface area contributed by atoms with Crippen LogP contribution in [-0.4, -0.2) is 47.4 Å². The first-order valence-corrected chi connectivity index (χ1v) is 8.48. The number of para-hydroxylation sites is 1. The number of halogens is 1. The summed E-state index contributed by atoms with van der Waals surface area (Å²) in [6.45, 7) is -0.536. The number of benzene rings is 2. The van der Waals surface area contributed by atoms with E-state index in [0.717, 1.165) is 12.0 Å². The minimum absolute atomic E-state index is 0.0396. The molecule has 9 heteroatoms. The molecule has 0 saturated heterocycles. The van der Waals surface area contributed by atoms with Crippen LogP contribution < -0.4 is 5.32 Å². The Labute approximate surface area is 161 Å². The maximum absolute atomic E-state index is 12.4. The van der Waals surface area contributed by atoms with Gasteiger partial charge in [0.25, 0.3) is 11.8 Å². The van der Waals surface area contributed by atoms with E-state index in [1.54, 1.807) is 6.07 Å². The van der Waals surface area contributed by atoms with Gasteiger partial charge in [0.2, 0.25) is 5.91 Å². The van der Waals surface area contributed by atoms with Gasteiger partial charge in [-0.25, -0.2) is 4.79 Å². The number of rotatable bonds is 4. The van der Waals surface area contributed by atoms with E-state index < -0.39 is 36.0 Å². The van der Waals surface area contributed by atoms with Crippen LogP contribution in [0.5, 0.6) is 5.75 Å². The van der Waals surface area contributed by atoms with Crippen LogP contribution >= 0.6 is 15.9 Å². The highest BCUT2D eigenvalue weighted by Crippen LogP contribution is 2.29. The van der Waals surface area contributed by atoms with Gasteiger partial charge in [-0.3, -0.25) is 19.3 Å². The maximum atomic E-state index is 12.4. The minimum atomic E-state index is -0.769. The van der Waals surface area contributed by atoms with Crippen LogP contribution in [0.2, 0.25) is 0 Å². The van der Waals surface area contributed by atoms with Gasteiger partial charge in [-0.15, -0.1) is 0 Å². The summed E-state index contributed by atoms with van der Waals surface area (Å²) in [5, 5.41) is 12.5. The standard InChI is InChI=1S/C18H13BrN2O6/c1-27-18(26)11-3-2-4-13(15(11)23)20-14(22)8-21-16(24)10-6-5-9(19)7-12(10)17(21)25/h2-7,23H,8H2,1H3,(H,20,22). The van der Waals surface area contributed by atoms with Crippen molar-refractivity contribution in [2.24, 2.45) is 0 Å². The molecule has 0 saturated carbocycles. The fourth-order valence-corrected chi connectivity index (χ4v) is 3.02. The lowest BCUT2D eigenvalue weighted by molar-refractivity contribution is -0.116. The molecule has 0 fully saturated rings. The molecule has 27 heavy (non-hydrogen) atoms. The number of methoxy groups -OCH3 is 1. The minimum Gasteiger partial charge on any atom is -0.505 e. The highest BCUT2D eigenvalue weighted by Gasteiger charge is 2.36. The number of carbonyl (C=O) groups excluding carboxylic acids is 4. The summed E-state index contributed by atoms with van der Waals surface area (Å²) in [6.07, 6.45) is 0. The Balaban J connectivity index is 1.77. The Morgan fingerprint density at radius 1 is 1.15 bits per heavy atom. The molecule has 1 heterocycles. The molecule has 138 valence electrons. The molecule has 1 aliphatic heterocycles. The molecular formula is C18H13BrN2O6. The van der Waals surface area contributed by atoms with Crippen LogP contribution in [0.25, 0.3) is 0 Å². The summed E-state index contributed by atoms with van der Waals surface area (Å²) in [5.74, 6) is -3.11. The Kier molecular flexibility index (Phi) is 4.95. The third-order valence-corrected chi connectivity index (χ3v) is 4.44. The first-order valence-electron chi connectivity index (χ1n) is 7.69. The van der Waals surface area contributed by atoms with E-state index in [2.05, 4.69) is 26.0 Å². The average molecular weight is 433 g/mol. The zero-order valence-corrected chi connectivity index (χ0v) is 15.6. The van der Waals surface area contributed by atoms with Crippen molar-refractivity contribution in [3.8, 4) is 5.75 Å². The fraction of sp³-hybridized carbons (Fsp3) is 0.111. The Bertz CT molecular complexity index is 988. The first kappa shape index (κ1) is 18.6. The van der Waals surface area contributed by atoms with Crippen LogP contribution in [0.1, 0.15) is 31.1 Å². The van der Waals surface area contributed by atoms with Crippen LogP contribution in [0, 0.1) is 0 Å². The third kappa shape index (κ3) is 3.41. The molecule has 3 amide bonds. The molecule has 0 aliphatic carbocycles. The summed E-state index contributed by atoms with van der Waals surface area (Å²) >= 11 is 3.23. The number of ether oxygens (including phenoxy) is 1. The van der Waals surface area contributed by atoms with Crippen molar-refractivity contribution in [3.63, 3.8) is 0 Å². The largest absolute Gasteiger partial charge is 0.505 e. The second-order valence-electron chi connectivity index (χ2n) is 5.63. The number of amides is 3. The fourth-order valence-electron chi connectivity index (χ4n) is 2.66. The summed E-state index contributed by atoms with van der Waals surface area (Å²) in [5.41, 5.74) is 0.257. The van der Waals surface area contributed by atoms with Gasteiger partial charge in [-0.05, 0) is 30.3 Å². The van der Waals surface area contributed by atoms with Crippen molar-refractivity contribution in [1.29, 1.82) is 0 Å². The van der Waals surface area contributed by atoms with Gasteiger partial charge < -0.3 is 15.2 Å². The Morgan fingerprint density at radius 2 is 1.85 bits per heavy atom. The summed E-state index contributed by atoms with van der Waals surface area (Å²) in [6, 6.07) is 8.80. The second-order valence-corrected chi connectivity index (χ2v) is 6.54. The van der Waals surface area contributed by atoms with Gasteiger partial charge in [0.05, 0.1) is 23.9 Å². The maximum Gasteiger partial charge on any atom is 0.341 e. The monoisotopic (exact) mass is 432 g/mol. The number of carbonyl (C=O) groups is 4. The normalized spacial score (nSPS) is 12.7. The topological polar surface area (TPSA) is 113 Å². The van der Waals surface area contributed by atoms with E-state index in [0.29, 0.717) is 4.47 Å². The van der Waals surface area contributed by atoms with Crippen molar-refractivity contribution < 1.29 is 29.0 Å². The molecule has 0 spiro atoms. The van der Waals surface area contributed by atoms with Gasteiger partial charge in [0.15, 0.2) is 5.75 Å². The highest BCUT2D eigenvalue weighted by atomic mass is 79.9. The van der Waals surface area contributed by atoms with Crippen LogP contribution in [0.3, 0.4) is 0 Å². The first-order chi connectivity index (χ1) is 12.8. The van der Waals surface area contributed by atoms with E-state index in [-0.39, 0.29) is 22.4 Å². The van der Waals surface area contributed by atoms with Gasteiger partial charge in [0.1, 0.15) is 12.1 Å². The number of esters is 1. The lowest BCUT2D eigenvalue weighted by Gasteiger charge is -2.14. The number of phenolic OH excluding ortho intramolecular Hbond substituents is 1. The van der Waals surface area contributed by atoms with Gasteiger partial charge in [0, 0.05) is 4.47 Å². The van der Waals surface area contributed by atoms with Crippen LogP contribution in [-0.2, 0) is 9.53 Å². The molecule has 2 aromatic rings. The summed E-state index contributed by atoms with van der Waals surface area (Å²) < 4.78 is 5.18. The van der Waals surface area contributed by atoms with Crippen molar-refractivity contribution in [2.75, 3.05) is 19.0 Å². The quantitative estimate of drug-likeness (QED) is 0.434. The van der Waals surface area contributed by atoms with Crippen LogP contribution in [0.15, 0.2) is 40.9 Å². The molecule has 3 rings (SSSR count). The van der Waals surface area contributed by atoms with Gasteiger partial charge in [-0.2, -0.15) is 0 Å². The van der Waals surface area contributed by atoms with E-state index in [4.69, 9.17) is 0 Å². The zero-order chi connectivity index (χ0) is 19.7. The lowest BCUT2D eigenvalue weighted by atomic mass is 10.1. The van der Waals surface area contributed by atoms with Crippen LogP contribution in [0.4, 0.5) is 5.69 Å². The predicted molar refractivity (Wildman–Crippen MR) is 97.6 cm³/mol. The average Bonchev–Trinajstić information content (AvgIpc) is 2.87. The number of imide groups is 1. The molecule has 1 aliphatic rings. The lowest BCUT2D eigenvalue weighted by Crippen LogP contribution is -2.37. The highest BCUT2D eigenvalue weighted by molar-refractivity contribution is 9.10. The molecular weight excluding hydrogens is 420 g/mol. The van der Waals surface area contributed by atoms with Gasteiger partial charge in [-0.1, -0.05) is 22.0 Å². The summed E-state index contributed by atoms with van der Waals surface area (Å²) in [4.78, 5) is 49.4. The zero-order valence-electron chi connectivity index (χ0n) is 14.0. The third-order valence-electron chi connectivity index (χ3n) is 3.95. The number of nitrogens with zero attached hydrogens (tertiary/aromatic N) is 1. The molecule has 0 bridgehead atoms. The molecule has 0 atom stereocenters. The number of fused-ring (bicyclic) bond motifs is 1. The van der Waals surface area contributed by atoms with E-state index >= 15 is 0 Å². The molecule has 0 aromatic heterocycles. The second kappa shape index (κ2) is 7.20. The molecule has 2 N–H and O–H groups in total. The molecule has 2 aromatic carbocycles. The van der Waals surface area contributed by atoms with Crippen molar-refractivity contribution in [2.45, 2.75) is 0 Å². The van der Waals surface area contributed by atoms with Crippen molar-refractivity contribution >= 4 is 45.3 Å². The number of nitrogens with one attached hydrogen (secondary N) is 1. The molecule has 8 nitrogen and oxygen atoms in total. The smallest absolute Gasteiger partial charge is 0.341 e. The van der Waals surface area contributed by atoms with Crippen molar-refractivity contribution in [3.05, 3.63) is 57.6 Å². The molecule has 0 unspecified atom stereocenters. The van der Waals surface area contributed by atoms with E-state index in [9.17, 15) is 24.3 Å². The van der Waals surface area contributed by atoms with Crippen molar-refractivity contribution in [1.82, 2.24) is 4.90 Å². The predicted octanol–water partition coefficient (Wildman–Crippen LogP) is 2.18. The number of phenols is 1. The SMILES string of the molecule is COC(=O)c1cccc(NC(=O)CN2C(=O)c3ccc(Br)cc3C2=O)c1O. The Hall–Kier alpha value is -3.20.